The smallest absolute Gasteiger partial charge is 0.166 e. The van der Waals surface area contributed by atoms with Crippen LogP contribution in [0.3, 0.4) is 0 Å². The van der Waals surface area contributed by atoms with Gasteiger partial charge in [0.25, 0.3) is 0 Å². The number of halogens is 2. The summed E-state index contributed by atoms with van der Waals surface area (Å²) in [4.78, 5) is 0. The van der Waals surface area contributed by atoms with Gasteiger partial charge in [-0.2, -0.15) is 5.26 Å². The van der Waals surface area contributed by atoms with Gasteiger partial charge in [0.15, 0.2) is 11.6 Å². The number of rotatable bonds is 2. The van der Waals surface area contributed by atoms with Crippen LogP contribution in [-0.2, 0) is 0 Å². The number of nitrogens with zero attached hydrogens (tertiary/aromatic N) is 1. The van der Waals surface area contributed by atoms with Gasteiger partial charge >= 0.3 is 0 Å². The Balaban J connectivity index is 2.29. The minimum Gasteiger partial charge on any atom is -0.454 e. The van der Waals surface area contributed by atoms with Crippen molar-refractivity contribution in [3.63, 3.8) is 0 Å². The van der Waals surface area contributed by atoms with E-state index < -0.39 is 5.82 Å². The number of nitriles is 1. The highest BCUT2D eigenvalue weighted by atomic mass is 79.9. The molecular formula is C14H9BrFNO. The largest absolute Gasteiger partial charge is 0.454 e. The van der Waals surface area contributed by atoms with Crippen LogP contribution < -0.4 is 4.74 Å². The van der Waals surface area contributed by atoms with Crippen LogP contribution in [0.5, 0.6) is 11.5 Å². The van der Waals surface area contributed by atoms with Gasteiger partial charge in [-0.3, -0.25) is 0 Å². The molecule has 2 aromatic carbocycles. The summed E-state index contributed by atoms with van der Waals surface area (Å²) in [6.07, 6.45) is 0. The molecule has 0 N–H and O–H groups in total. The first-order valence-electron chi connectivity index (χ1n) is 5.24. The predicted molar refractivity (Wildman–Crippen MR) is 70.1 cm³/mol. The topological polar surface area (TPSA) is 33.0 Å². The molecule has 0 aromatic heterocycles. The molecule has 0 aliphatic heterocycles. The summed E-state index contributed by atoms with van der Waals surface area (Å²) >= 11 is 3.18. The lowest BCUT2D eigenvalue weighted by Crippen LogP contribution is -1.90. The first kappa shape index (κ1) is 12.6. The van der Waals surface area contributed by atoms with Crippen molar-refractivity contribution in [2.24, 2.45) is 0 Å². The lowest BCUT2D eigenvalue weighted by atomic mass is 10.1. The lowest BCUT2D eigenvalue weighted by Gasteiger charge is -2.08. The number of benzene rings is 2. The molecule has 0 radical (unpaired) electrons. The van der Waals surface area contributed by atoms with Crippen LogP contribution in [-0.4, -0.2) is 0 Å². The molecule has 0 amide bonds. The average Bonchev–Trinajstić information content (AvgIpc) is 2.33. The van der Waals surface area contributed by atoms with Gasteiger partial charge in [0.2, 0.25) is 0 Å². The monoisotopic (exact) mass is 305 g/mol. The van der Waals surface area contributed by atoms with Gasteiger partial charge in [0, 0.05) is 4.47 Å². The molecule has 0 aliphatic rings. The minimum atomic E-state index is -0.439. The molecule has 4 heteroatoms. The van der Waals surface area contributed by atoms with Gasteiger partial charge in [-0.15, -0.1) is 0 Å². The van der Waals surface area contributed by atoms with Crippen molar-refractivity contribution in [2.75, 3.05) is 0 Å². The molecule has 2 aromatic rings. The zero-order chi connectivity index (χ0) is 13.1. The van der Waals surface area contributed by atoms with Gasteiger partial charge < -0.3 is 4.74 Å². The van der Waals surface area contributed by atoms with Crippen molar-refractivity contribution in [3.05, 3.63) is 57.8 Å². The quantitative estimate of drug-likeness (QED) is 0.815. The molecule has 90 valence electrons. The Bertz CT molecular complexity index is 634. The Morgan fingerprint density at radius 2 is 2.00 bits per heavy atom. The first-order chi connectivity index (χ1) is 8.60. The molecule has 2 rings (SSSR count). The van der Waals surface area contributed by atoms with Crippen molar-refractivity contribution in [1.82, 2.24) is 0 Å². The Hall–Kier alpha value is -1.86. The Labute approximate surface area is 113 Å². The standard InChI is InChI=1S/C14H9BrFNO/c1-9-6-12(4-2-10(9)8-17)18-14-5-3-11(15)7-13(14)16/h2-7H,1H3. The van der Waals surface area contributed by atoms with Crippen LogP contribution in [0.4, 0.5) is 4.39 Å². The SMILES string of the molecule is Cc1cc(Oc2ccc(Br)cc2F)ccc1C#N. The van der Waals surface area contributed by atoms with E-state index in [1.165, 1.54) is 6.07 Å². The van der Waals surface area contributed by atoms with Crippen molar-refractivity contribution in [1.29, 1.82) is 5.26 Å². The maximum Gasteiger partial charge on any atom is 0.166 e. The lowest BCUT2D eigenvalue weighted by molar-refractivity contribution is 0.441. The molecule has 0 saturated heterocycles. The number of hydrogen-bond donors (Lipinski definition) is 0. The van der Waals surface area contributed by atoms with Crippen molar-refractivity contribution < 1.29 is 9.13 Å². The van der Waals surface area contributed by atoms with Gasteiger partial charge in [-0.1, -0.05) is 15.9 Å². The molecule has 0 aliphatic carbocycles. The van der Waals surface area contributed by atoms with E-state index in [-0.39, 0.29) is 5.75 Å². The molecule has 18 heavy (non-hydrogen) atoms. The summed E-state index contributed by atoms with van der Waals surface area (Å²) in [6.45, 7) is 1.81. The van der Waals surface area contributed by atoms with Gasteiger partial charge in [0.05, 0.1) is 11.6 Å². The van der Waals surface area contributed by atoms with E-state index in [2.05, 4.69) is 22.0 Å². The normalized spacial score (nSPS) is 9.89. The van der Waals surface area contributed by atoms with E-state index in [0.29, 0.717) is 15.8 Å². The van der Waals surface area contributed by atoms with Crippen molar-refractivity contribution in [2.45, 2.75) is 6.92 Å². The number of ether oxygens (including phenoxy) is 1. The molecule has 0 fully saturated rings. The Morgan fingerprint density at radius 3 is 2.61 bits per heavy atom. The predicted octanol–water partition coefficient (Wildman–Crippen LogP) is 4.56. The van der Waals surface area contributed by atoms with Crippen LogP contribution in [0.1, 0.15) is 11.1 Å². The van der Waals surface area contributed by atoms with Crippen LogP contribution in [0.2, 0.25) is 0 Å². The summed E-state index contributed by atoms with van der Waals surface area (Å²) in [6, 6.07) is 11.7. The number of hydrogen-bond acceptors (Lipinski definition) is 2. The van der Waals surface area contributed by atoms with Crippen molar-refractivity contribution >= 4 is 15.9 Å². The maximum absolute atomic E-state index is 13.6. The van der Waals surface area contributed by atoms with E-state index >= 15 is 0 Å². The summed E-state index contributed by atoms with van der Waals surface area (Å²) in [5.41, 5.74) is 1.38. The second kappa shape index (κ2) is 5.19. The fourth-order valence-electron chi connectivity index (χ4n) is 1.51. The third-order valence-electron chi connectivity index (χ3n) is 2.44. The zero-order valence-corrected chi connectivity index (χ0v) is 11.2. The second-order valence-corrected chi connectivity index (χ2v) is 4.68. The molecule has 0 atom stereocenters. The fraction of sp³-hybridized carbons (Fsp3) is 0.0714. The second-order valence-electron chi connectivity index (χ2n) is 3.77. The van der Waals surface area contributed by atoms with Crippen molar-refractivity contribution in [3.8, 4) is 17.6 Å². The average molecular weight is 306 g/mol. The molecule has 0 saturated carbocycles. The maximum atomic E-state index is 13.6. The summed E-state index contributed by atoms with van der Waals surface area (Å²) < 4.78 is 19.7. The number of aryl methyl sites for hydroxylation is 1. The molecule has 2 nitrogen and oxygen atoms in total. The molecule has 0 spiro atoms. The third kappa shape index (κ3) is 2.69. The van der Waals surface area contributed by atoms with Crippen LogP contribution in [0.15, 0.2) is 40.9 Å². The van der Waals surface area contributed by atoms with Crippen LogP contribution in [0.25, 0.3) is 0 Å². The first-order valence-corrected chi connectivity index (χ1v) is 6.03. The van der Waals surface area contributed by atoms with Gasteiger partial charge in [-0.05, 0) is 48.9 Å². The minimum absolute atomic E-state index is 0.155. The highest BCUT2D eigenvalue weighted by Gasteiger charge is 2.06. The fourth-order valence-corrected chi connectivity index (χ4v) is 1.84. The zero-order valence-electron chi connectivity index (χ0n) is 9.58. The van der Waals surface area contributed by atoms with E-state index in [0.717, 1.165) is 5.56 Å². The van der Waals surface area contributed by atoms with Gasteiger partial charge in [-0.25, -0.2) is 4.39 Å². The highest BCUT2D eigenvalue weighted by Crippen LogP contribution is 2.27. The summed E-state index contributed by atoms with van der Waals surface area (Å²) in [5.74, 6) is 0.224. The third-order valence-corrected chi connectivity index (χ3v) is 2.93. The Morgan fingerprint density at radius 1 is 1.22 bits per heavy atom. The molecule has 0 heterocycles. The van der Waals surface area contributed by atoms with E-state index in [1.807, 2.05) is 6.92 Å². The Kier molecular flexibility index (Phi) is 3.63. The summed E-state index contributed by atoms with van der Waals surface area (Å²) in [7, 11) is 0. The molecule has 0 unspecified atom stereocenters. The van der Waals surface area contributed by atoms with E-state index in [4.69, 9.17) is 10.00 Å². The van der Waals surface area contributed by atoms with E-state index in [9.17, 15) is 4.39 Å². The highest BCUT2D eigenvalue weighted by molar-refractivity contribution is 9.10. The van der Waals surface area contributed by atoms with Crippen LogP contribution in [0, 0.1) is 24.1 Å². The van der Waals surface area contributed by atoms with Crippen LogP contribution >= 0.6 is 15.9 Å². The van der Waals surface area contributed by atoms with E-state index in [1.54, 1.807) is 30.3 Å². The molecule has 0 bridgehead atoms. The van der Waals surface area contributed by atoms with Gasteiger partial charge in [0.1, 0.15) is 5.75 Å². The molecular weight excluding hydrogens is 297 g/mol. The summed E-state index contributed by atoms with van der Waals surface area (Å²) in [5, 5.41) is 8.82.